The number of unbranched alkanes of at least 4 members (excludes halogenated alkanes) is 27. The monoisotopic (exact) mass is 1140 g/mol. The van der Waals surface area contributed by atoms with E-state index in [1.54, 1.807) is 0 Å². The summed E-state index contributed by atoms with van der Waals surface area (Å²) in [5.74, 6) is -3.14. The zero-order chi connectivity index (χ0) is 58.9. The third kappa shape index (κ3) is 46.0. The first-order valence-corrected chi connectivity index (χ1v) is 32.6. The van der Waals surface area contributed by atoms with Crippen molar-refractivity contribution in [2.24, 2.45) is 0 Å². The van der Waals surface area contributed by atoms with Gasteiger partial charge in [-0.3, -0.25) is 14.4 Å². The van der Waals surface area contributed by atoms with Gasteiger partial charge in [0.05, 0.1) is 6.61 Å². The Morgan fingerprint density at radius 2 is 0.778 bits per heavy atom. The van der Waals surface area contributed by atoms with Gasteiger partial charge >= 0.3 is 23.9 Å². The fraction of sp³-hybridized carbons (Fsp3) is 0.739. The fourth-order valence-corrected chi connectivity index (χ4v) is 9.48. The molecule has 0 aliphatic carbocycles. The van der Waals surface area contributed by atoms with Crippen LogP contribution in [0.3, 0.4) is 0 Å². The summed E-state index contributed by atoms with van der Waals surface area (Å²) in [4.78, 5) is 51.3. The lowest BCUT2D eigenvalue weighted by Crippen LogP contribution is -2.61. The summed E-state index contributed by atoms with van der Waals surface area (Å²) >= 11 is 0. The van der Waals surface area contributed by atoms with E-state index in [9.17, 15) is 34.5 Å². The number of rotatable bonds is 55. The smallest absolute Gasteiger partial charge is 0.335 e. The number of aliphatic hydroxyl groups is 2. The van der Waals surface area contributed by atoms with Crippen molar-refractivity contribution in [1.29, 1.82) is 0 Å². The number of ether oxygens (including phenoxy) is 5. The SMILES string of the molecule is CC/C=C\C/C=C\C/C=C\C/C=C\CCCCCCCCC(=O)OCC(COC1OC(C(=O)O)C(O)C(O)C1OC(=O)CCCCCCCCCCCCCCC)OC(=O)CCCCCCCC/C=C\C/C=C\C/C=C\CCCCC. The minimum Gasteiger partial charge on any atom is -0.479 e. The molecular weight excluding hydrogens is 1020 g/mol. The number of hydrogen-bond acceptors (Lipinski definition) is 11. The molecule has 1 rings (SSSR count). The molecule has 0 bridgehead atoms. The first kappa shape index (κ1) is 74.9. The van der Waals surface area contributed by atoms with Gasteiger partial charge in [-0.25, -0.2) is 4.79 Å². The van der Waals surface area contributed by atoms with Crippen LogP contribution >= 0.6 is 0 Å². The molecule has 0 saturated carbocycles. The van der Waals surface area contributed by atoms with Crippen molar-refractivity contribution < 1.29 is 58.2 Å². The Morgan fingerprint density at radius 3 is 1.21 bits per heavy atom. The van der Waals surface area contributed by atoms with Gasteiger partial charge in [0, 0.05) is 19.3 Å². The molecule has 0 spiro atoms. The van der Waals surface area contributed by atoms with Crippen LogP contribution in [0.1, 0.15) is 278 Å². The number of hydrogen-bond donors (Lipinski definition) is 3. The van der Waals surface area contributed by atoms with Gasteiger partial charge in [-0.1, -0.05) is 247 Å². The van der Waals surface area contributed by atoms with Crippen molar-refractivity contribution in [3.8, 4) is 0 Å². The number of carboxylic acid groups (broad SMARTS) is 1. The van der Waals surface area contributed by atoms with Crippen molar-refractivity contribution >= 4 is 23.9 Å². The topological polar surface area (TPSA) is 175 Å². The fourth-order valence-electron chi connectivity index (χ4n) is 9.48. The van der Waals surface area contributed by atoms with E-state index in [1.807, 2.05) is 0 Å². The second kappa shape index (κ2) is 56.4. The molecule has 81 heavy (non-hydrogen) atoms. The zero-order valence-electron chi connectivity index (χ0n) is 51.3. The standard InChI is InChI=1S/C69H116O12/c1-4-7-10-13-16-19-22-25-27-29-31-33-35-38-40-43-46-49-52-55-61(70)77-58-60(79-62(71)56-53-50-47-44-42-39-36-34-32-30-28-26-23-20-17-14-11-8-5-2)59-78-69-67(65(74)64(73)66(81-69)68(75)76)80-63(72)57-54-51-48-45-41-37-24-21-18-15-12-9-6-3/h7,10,16-17,19-20,25-28,31-34,60,64-67,69,73-74H,4-6,8-9,11-15,18,21-24,29-30,35-59H2,1-3H3,(H,75,76)/b10-7-,19-16-,20-17-,27-25-,28-26-,33-31-,34-32-. The molecule has 0 amide bonds. The van der Waals surface area contributed by atoms with Crippen LogP contribution in [0.4, 0.5) is 0 Å². The van der Waals surface area contributed by atoms with Gasteiger partial charge in [-0.15, -0.1) is 0 Å². The maximum absolute atomic E-state index is 13.2. The highest BCUT2D eigenvalue weighted by molar-refractivity contribution is 5.74. The first-order chi connectivity index (χ1) is 39.6. The van der Waals surface area contributed by atoms with E-state index >= 15 is 0 Å². The van der Waals surface area contributed by atoms with E-state index < -0.39 is 67.3 Å². The van der Waals surface area contributed by atoms with Crippen molar-refractivity contribution in [1.82, 2.24) is 0 Å². The third-order valence-corrected chi connectivity index (χ3v) is 14.5. The highest BCUT2D eigenvalue weighted by Crippen LogP contribution is 2.27. The van der Waals surface area contributed by atoms with E-state index in [0.29, 0.717) is 19.3 Å². The molecule has 0 aromatic carbocycles. The molecule has 1 fully saturated rings. The Bertz CT molecular complexity index is 1730. The van der Waals surface area contributed by atoms with Gasteiger partial charge in [0.15, 0.2) is 24.6 Å². The molecule has 0 aromatic heterocycles. The minimum absolute atomic E-state index is 0.0578. The molecule has 464 valence electrons. The van der Waals surface area contributed by atoms with Crippen LogP contribution in [-0.4, -0.2) is 89.2 Å². The number of allylic oxidation sites excluding steroid dienone is 14. The Morgan fingerprint density at radius 1 is 0.420 bits per heavy atom. The average Bonchev–Trinajstić information content (AvgIpc) is 3.46. The highest BCUT2D eigenvalue weighted by atomic mass is 16.7. The molecule has 6 atom stereocenters. The van der Waals surface area contributed by atoms with Gasteiger partial charge in [0.1, 0.15) is 18.8 Å². The van der Waals surface area contributed by atoms with Crippen molar-refractivity contribution in [3.05, 3.63) is 85.1 Å². The quantitative estimate of drug-likeness (QED) is 0.0228. The maximum Gasteiger partial charge on any atom is 0.335 e. The van der Waals surface area contributed by atoms with E-state index in [1.165, 1.54) is 77.0 Å². The van der Waals surface area contributed by atoms with Crippen LogP contribution in [0, 0.1) is 0 Å². The van der Waals surface area contributed by atoms with Gasteiger partial charge < -0.3 is 39.0 Å². The van der Waals surface area contributed by atoms with Crippen molar-refractivity contribution in [2.75, 3.05) is 13.2 Å². The van der Waals surface area contributed by atoms with Crippen LogP contribution in [0.2, 0.25) is 0 Å². The van der Waals surface area contributed by atoms with Crippen LogP contribution in [0.15, 0.2) is 85.1 Å². The molecule has 12 nitrogen and oxygen atoms in total. The Balaban J connectivity index is 2.68. The Kier molecular flexibility index (Phi) is 52.1. The van der Waals surface area contributed by atoms with Crippen LogP contribution in [0.25, 0.3) is 0 Å². The predicted molar refractivity (Wildman–Crippen MR) is 331 cm³/mol. The second-order valence-corrected chi connectivity index (χ2v) is 22.0. The average molecular weight is 1140 g/mol. The second-order valence-electron chi connectivity index (χ2n) is 22.0. The van der Waals surface area contributed by atoms with Gasteiger partial charge in [0.25, 0.3) is 0 Å². The van der Waals surface area contributed by atoms with Gasteiger partial charge in [-0.2, -0.15) is 0 Å². The minimum atomic E-state index is -1.91. The molecule has 0 aromatic rings. The lowest BCUT2D eigenvalue weighted by molar-refractivity contribution is -0.301. The number of esters is 3. The molecule has 1 aliphatic heterocycles. The molecule has 6 unspecified atom stereocenters. The first-order valence-electron chi connectivity index (χ1n) is 32.6. The number of carboxylic acids is 1. The normalized spacial score (nSPS) is 18.3. The number of carbonyl (C=O) groups is 4. The van der Waals surface area contributed by atoms with Crippen LogP contribution < -0.4 is 0 Å². The largest absolute Gasteiger partial charge is 0.479 e. The van der Waals surface area contributed by atoms with E-state index in [0.717, 1.165) is 141 Å². The molecule has 1 saturated heterocycles. The number of aliphatic hydroxyl groups excluding tert-OH is 2. The molecular formula is C69H116O12. The Hall–Kier alpha value is -4.10. The lowest BCUT2D eigenvalue weighted by atomic mass is 9.98. The zero-order valence-corrected chi connectivity index (χ0v) is 51.3. The summed E-state index contributed by atoms with van der Waals surface area (Å²) < 4.78 is 28.5. The molecule has 1 heterocycles. The summed E-state index contributed by atoms with van der Waals surface area (Å²) in [6.45, 7) is 5.85. The number of aliphatic carboxylic acids is 1. The van der Waals surface area contributed by atoms with Crippen molar-refractivity contribution in [3.63, 3.8) is 0 Å². The molecule has 0 radical (unpaired) electrons. The summed E-state index contributed by atoms with van der Waals surface area (Å²) in [6, 6.07) is 0. The number of carbonyl (C=O) groups excluding carboxylic acids is 3. The van der Waals surface area contributed by atoms with E-state index in [4.69, 9.17) is 23.7 Å². The molecule has 3 N–H and O–H groups in total. The van der Waals surface area contributed by atoms with E-state index in [-0.39, 0.29) is 25.9 Å². The summed E-state index contributed by atoms with van der Waals surface area (Å²) in [5, 5.41) is 31.6. The molecule has 1 aliphatic rings. The van der Waals surface area contributed by atoms with Crippen LogP contribution in [-0.2, 0) is 42.9 Å². The van der Waals surface area contributed by atoms with Crippen molar-refractivity contribution in [2.45, 2.75) is 314 Å². The summed E-state index contributed by atoms with van der Waals surface area (Å²) in [7, 11) is 0. The van der Waals surface area contributed by atoms with Gasteiger partial charge in [0.2, 0.25) is 0 Å². The lowest BCUT2D eigenvalue weighted by Gasteiger charge is -2.40. The van der Waals surface area contributed by atoms with Crippen LogP contribution in [0.5, 0.6) is 0 Å². The third-order valence-electron chi connectivity index (χ3n) is 14.5. The Labute approximate surface area is 492 Å². The maximum atomic E-state index is 13.2. The summed E-state index contributed by atoms with van der Waals surface area (Å²) in [6.07, 6.45) is 61.1. The van der Waals surface area contributed by atoms with Gasteiger partial charge in [-0.05, 0) is 96.3 Å². The summed E-state index contributed by atoms with van der Waals surface area (Å²) in [5.41, 5.74) is 0. The molecule has 12 heteroatoms. The highest BCUT2D eigenvalue weighted by Gasteiger charge is 2.50. The van der Waals surface area contributed by atoms with E-state index in [2.05, 4.69) is 106 Å². The predicted octanol–water partition coefficient (Wildman–Crippen LogP) is 17.5.